The normalized spacial score (nSPS) is 11.7. The molecule has 0 aliphatic heterocycles. The molecule has 0 spiro atoms. The second-order valence-corrected chi connectivity index (χ2v) is 5.10. The lowest BCUT2D eigenvalue weighted by molar-refractivity contribution is -0.123. The summed E-state index contributed by atoms with van der Waals surface area (Å²) in [6, 6.07) is 0. The van der Waals surface area contributed by atoms with Crippen molar-refractivity contribution in [3.05, 3.63) is 0 Å². The van der Waals surface area contributed by atoms with Crippen LogP contribution in [0.4, 0.5) is 0 Å². The van der Waals surface area contributed by atoms with E-state index in [0.29, 0.717) is 26.1 Å². The van der Waals surface area contributed by atoms with E-state index in [4.69, 9.17) is 5.73 Å². The summed E-state index contributed by atoms with van der Waals surface area (Å²) in [5, 5.41) is 8.35. The first kappa shape index (κ1) is 19.4. The Bertz CT molecular complexity index is 334. The fraction of sp³-hybridized carbons (Fsp3) is 0.786. The molecular weight excluding hydrogens is 272 g/mol. The minimum atomic E-state index is -0.284. The zero-order valence-corrected chi connectivity index (χ0v) is 13.0. The average molecular weight is 300 g/mol. The first-order valence-corrected chi connectivity index (χ1v) is 7.44. The molecule has 0 rings (SSSR count). The van der Waals surface area contributed by atoms with E-state index in [9.17, 15) is 14.4 Å². The Labute approximate surface area is 126 Å². The topological polar surface area (TPSA) is 113 Å². The molecule has 0 aliphatic carbocycles. The number of carbonyl (C=O) groups is 3. The highest BCUT2D eigenvalue weighted by Gasteiger charge is 2.08. The third-order valence-corrected chi connectivity index (χ3v) is 3.15. The third kappa shape index (κ3) is 11.9. The van der Waals surface area contributed by atoms with E-state index in [1.165, 1.54) is 0 Å². The van der Waals surface area contributed by atoms with Crippen LogP contribution in [0.5, 0.6) is 0 Å². The monoisotopic (exact) mass is 300 g/mol. The zero-order chi connectivity index (χ0) is 16.1. The molecule has 0 aliphatic rings. The largest absolute Gasteiger partial charge is 0.369 e. The van der Waals surface area contributed by atoms with Gasteiger partial charge in [0.05, 0.1) is 0 Å². The Morgan fingerprint density at radius 3 is 2.10 bits per heavy atom. The van der Waals surface area contributed by atoms with Gasteiger partial charge in [0.1, 0.15) is 0 Å². The highest BCUT2D eigenvalue weighted by atomic mass is 16.2. The van der Waals surface area contributed by atoms with E-state index in [1.54, 1.807) is 14.0 Å². The maximum absolute atomic E-state index is 11.5. The molecule has 21 heavy (non-hydrogen) atoms. The van der Waals surface area contributed by atoms with Gasteiger partial charge in [0.2, 0.25) is 17.7 Å². The van der Waals surface area contributed by atoms with E-state index in [1.807, 2.05) is 0 Å². The van der Waals surface area contributed by atoms with Crippen LogP contribution in [0, 0.1) is 5.92 Å². The van der Waals surface area contributed by atoms with Gasteiger partial charge in [-0.1, -0.05) is 13.3 Å². The number of primary amides is 1. The second-order valence-electron chi connectivity index (χ2n) is 5.10. The molecule has 1 unspecified atom stereocenters. The lowest BCUT2D eigenvalue weighted by Crippen LogP contribution is -2.32. The third-order valence-electron chi connectivity index (χ3n) is 3.15. The molecule has 0 bridgehead atoms. The summed E-state index contributed by atoms with van der Waals surface area (Å²) in [6.07, 6.45) is 3.11. The second kappa shape index (κ2) is 12.1. The molecule has 0 heterocycles. The van der Waals surface area contributed by atoms with Crippen LogP contribution in [0.25, 0.3) is 0 Å². The Kier molecular flexibility index (Phi) is 11.2. The highest BCUT2D eigenvalue weighted by Crippen LogP contribution is 2.06. The standard InChI is InChI=1S/C14H28N4O3/c1-11(14(15)21)5-3-4-8-17-13(20)7-10-18-12(19)6-9-16-2/h11,16H,3-10H2,1-2H3,(H2,15,21)(H,17,20)(H,18,19). The summed E-state index contributed by atoms with van der Waals surface area (Å²) in [7, 11) is 1.78. The fourth-order valence-corrected chi connectivity index (χ4v) is 1.68. The van der Waals surface area contributed by atoms with Crippen LogP contribution < -0.4 is 21.7 Å². The first-order chi connectivity index (χ1) is 9.97. The SMILES string of the molecule is CNCCC(=O)NCCC(=O)NCCCCC(C)C(N)=O. The lowest BCUT2D eigenvalue weighted by Gasteiger charge is -2.08. The van der Waals surface area contributed by atoms with Crippen LogP contribution in [-0.4, -0.2) is 44.4 Å². The fourth-order valence-electron chi connectivity index (χ4n) is 1.68. The first-order valence-electron chi connectivity index (χ1n) is 7.44. The van der Waals surface area contributed by atoms with Crippen LogP contribution in [0.2, 0.25) is 0 Å². The van der Waals surface area contributed by atoms with E-state index < -0.39 is 0 Å². The van der Waals surface area contributed by atoms with Gasteiger partial charge in [-0.15, -0.1) is 0 Å². The number of unbranched alkanes of at least 4 members (excludes halogenated alkanes) is 1. The van der Waals surface area contributed by atoms with Gasteiger partial charge in [-0.2, -0.15) is 0 Å². The Balaban J connectivity index is 3.46. The van der Waals surface area contributed by atoms with Crippen LogP contribution in [0.3, 0.4) is 0 Å². The highest BCUT2D eigenvalue weighted by molar-refractivity contribution is 5.79. The van der Waals surface area contributed by atoms with Crippen LogP contribution in [0.15, 0.2) is 0 Å². The summed E-state index contributed by atoms with van der Waals surface area (Å²) < 4.78 is 0. The van der Waals surface area contributed by atoms with Gasteiger partial charge in [0, 0.05) is 38.4 Å². The van der Waals surface area contributed by atoms with Crippen molar-refractivity contribution in [2.24, 2.45) is 11.7 Å². The van der Waals surface area contributed by atoms with Gasteiger partial charge in [-0.3, -0.25) is 14.4 Å². The molecule has 122 valence electrons. The maximum Gasteiger partial charge on any atom is 0.221 e. The van der Waals surface area contributed by atoms with Gasteiger partial charge in [0.25, 0.3) is 0 Å². The molecule has 5 N–H and O–H groups in total. The molecule has 3 amide bonds. The molecule has 1 atom stereocenters. The summed E-state index contributed by atoms with van der Waals surface area (Å²) in [5.41, 5.74) is 5.16. The minimum absolute atomic E-state index is 0.0578. The van der Waals surface area contributed by atoms with Crippen molar-refractivity contribution in [3.63, 3.8) is 0 Å². The number of hydrogen-bond donors (Lipinski definition) is 4. The number of hydrogen-bond acceptors (Lipinski definition) is 4. The quantitative estimate of drug-likeness (QED) is 0.364. The van der Waals surface area contributed by atoms with Crippen LogP contribution >= 0.6 is 0 Å². The van der Waals surface area contributed by atoms with E-state index >= 15 is 0 Å². The smallest absolute Gasteiger partial charge is 0.221 e. The predicted octanol–water partition coefficient (Wildman–Crippen LogP) is -0.490. The van der Waals surface area contributed by atoms with E-state index in [0.717, 1.165) is 19.3 Å². The van der Waals surface area contributed by atoms with Crippen LogP contribution in [0.1, 0.15) is 39.0 Å². The number of amides is 3. The van der Waals surface area contributed by atoms with Crippen molar-refractivity contribution in [2.75, 3.05) is 26.7 Å². The van der Waals surface area contributed by atoms with Crippen molar-refractivity contribution in [2.45, 2.75) is 39.0 Å². The summed E-state index contributed by atoms with van der Waals surface area (Å²) >= 11 is 0. The van der Waals surface area contributed by atoms with Crippen molar-refractivity contribution in [3.8, 4) is 0 Å². The molecule has 7 heteroatoms. The molecule has 0 aromatic carbocycles. The maximum atomic E-state index is 11.5. The van der Waals surface area contributed by atoms with Crippen molar-refractivity contribution >= 4 is 17.7 Å². The molecule has 0 aromatic rings. The van der Waals surface area contributed by atoms with Crippen molar-refractivity contribution in [1.82, 2.24) is 16.0 Å². The van der Waals surface area contributed by atoms with Gasteiger partial charge >= 0.3 is 0 Å². The zero-order valence-electron chi connectivity index (χ0n) is 13.0. The molecule has 0 fully saturated rings. The summed E-state index contributed by atoms with van der Waals surface area (Å²) in [5.74, 6) is -0.536. The number of nitrogens with two attached hydrogens (primary N) is 1. The Hall–Kier alpha value is -1.63. The van der Waals surface area contributed by atoms with Crippen molar-refractivity contribution < 1.29 is 14.4 Å². The molecule has 0 saturated carbocycles. The van der Waals surface area contributed by atoms with Crippen molar-refractivity contribution in [1.29, 1.82) is 0 Å². The lowest BCUT2D eigenvalue weighted by atomic mass is 10.0. The Morgan fingerprint density at radius 2 is 1.52 bits per heavy atom. The molecule has 7 nitrogen and oxygen atoms in total. The van der Waals surface area contributed by atoms with E-state index in [-0.39, 0.29) is 30.1 Å². The summed E-state index contributed by atoms with van der Waals surface area (Å²) in [6.45, 7) is 3.37. The number of nitrogens with one attached hydrogen (secondary N) is 3. The van der Waals surface area contributed by atoms with Gasteiger partial charge in [-0.25, -0.2) is 0 Å². The Morgan fingerprint density at radius 1 is 0.952 bits per heavy atom. The predicted molar refractivity (Wildman–Crippen MR) is 81.4 cm³/mol. The van der Waals surface area contributed by atoms with Gasteiger partial charge < -0.3 is 21.7 Å². The summed E-state index contributed by atoms with van der Waals surface area (Å²) in [4.78, 5) is 33.6. The molecular formula is C14H28N4O3. The van der Waals surface area contributed by atoms with Gasteiger partial charge in [0.15, 0.2) is 0 Å². The van der Waals surface area contributed by atoms with Gasteiger partial charge in [-0.05, 0) is 19.9 Å². The number of rotatable bonds is 12. The molecule has 0 radical (unpaired) electrons. The average Bonchev–Trinajstić information content (AvgIpc) is 2.44. The van der Waals surface area contributed by atoms with Crippen LogP contribution in [-0.2, 0) is 14.4 Å². The molecule has 0 saturated heterocycles. The molecule has 0 aromatic heterocycles. The van der Waals surface area contributed by atoms with E-state index in [2.05, 4.69) is 16.0 Å². The number of carbonyl (C=O) groups excluding carboxylic acids is 3. The minimum Gasteiger partial charge on any atom is -0.369 e.